The zero-order valence-corrected chi connectivity index (χ0v) is 10.3. The van der Waals surface area contributed by atoms with Gasteiger partial charge < -0.3 is 8.85 Å². The van der Waals surface area contributed by atoms with Crippen molar-refractivity contribution in [2.45, 2.75) is 38.4 Å². The largest absolute Gasteiger partial charge is 0.397 e. The Bertz CT molecular complexity index is 139. The lowest BCUT2D eigenvalue weighted by Crippen LogP contribution is -2.68. The molecule has 4 nitrogen and oxygen atoms in total. The Labute approximate surface area is 82.0 Å². The maximum absolute atomic E-state index is 5.59. The first-order chi connectivity index (χ1) is 6.05. The van der Waals surface area contributed by atoms with Gasteiger partial charge in [-0.25, -0.2) is 0 Å². The van der Waals surface area contributed by atoms with Crippen molar-refractivity contribution in [3.8, 4) is 0 Å². The number of hydrogen-bond acceptors (Lipinski definition) is 4. The van der Waals surface area contributed by atoms with Crippen LogP contribution in [-0.4, -0.2) is 27.9 Å². The molecule has 0 bridgehead atoms. The maximum atomic E-state index is 5.59. The van der Waals surface area contributed by atoms with Crippen LogP contribution in [0.25, 0.3) is 0 Å². The molecule has 0 aliphatic carbocycles. The highest BCUT2D eigenvalue weighted by Gasteiger charge is 2.50. The Morgan fingerprint density at radius 3 is 1.69 bits per heavy atom. The molecule has 0 radical (unpaired) electrons. The van der Waals surface area contributed by atoms with E-state index >= 15 is 0 Å². The van der Waals surface area contributed by atoms with Gasteiger partial charge in [0, 0.05) is 14.2 Å². The highest BCUT2D eigenvalue weighted by Crippen LogP contribution is 2.27. The molecule has 80 valence electrons. The molecule has 0 heterocycles. The minimum atomic E-state index is -2.21. The Balaban J connectivity index is 4.87. The zero-order valence-electron chi connectivity index (χ0n) is 9.31. The van der Waals surface area contributed by atoms with E-state index in [1.54, 1.807) is 14.2 Å². The van der Waals surface area contributed by atoms with E-state index < -0.39 is 8.56 Å². The lowest BCUT2D eigenvalue weighted by Gasteiger charge is -2.42. The fraction of sp³-hybridized carbons (Fsp3) is 1.00. The fourth-order valence-electron chi connectivity index (χ4n) is 1.70. The third kappa shape index (κ3) is 2.11. The summed E-state index contributed by atoms with van der Waals surface area (Å²) in [5.74, 6) is 5.59. The van der Waals surface area contributed by atoms with Gasteiger partial charge >= 0.3 is 8.56 Å². The van der Waals surface area contributed by atoms with E-state index in [1.807, 2.05) is 6.55 Å². The van der Waals surface area contributed by atoms with Crippen molar-refractivity contribution in [1.29, 1.82) is 0 Å². The summed E-state index contributed by atoms with van der Waals surface area (Å²) in [7, 11) is 1.16. The number of nitrogens with one attached hydrogen (secondary N) is 1. The normalized spacial score (nSPS) is 13.4. The fourth-order valence-corrected chi connectivity index (χ4v) is 4.20. The van der Waals surface area contributed by atoms with Crippen LogP contribution in [0, 0.1) is 0 Å². The summed E-state index contributed by atoms with van der Waals surface area (Å²) in [4.78, 5) is 0. The lowest BCUT2D eigenvalue weighted by molar-refractivity contribution is 0.189. The van der Waals surface area contributed by atoms with Crippen molar-refractivity contribution < 1.29 is 8.85 Å². The first-order valence-electron chi connectivity index (χ1n) is 4.63. The van der Waals surface area contributed by atoms with Crippen LogP contribution in [0.2, 0.25) is 6.55 Å². The predicted molar refractivity (Wildman–Crippen MR) is 56.3 cm³/mol. The summed E-state index contributed by atoms with van der Waals surface area (Å²) >= 11 is 0. The summed E-state index contributed by atoms with van der Waals surface area (Å²) in [6.07, 6.45) is 1.81. The Morgan fingerprint density at radius 2 is 1.62 bits per heavy atom. The topological polar surface area (TPSA) is 56.5 Å². The smallest absolute Gasteiger partial charge is 0.356 e. The number of rotatable bonds is 6. The standard InChI is InChI=1S/C8H22N2O2Si/c1-6-8(7-2,10-9)13(5,11-3)12-4/h10H,6-7,9H2,1-5H3. The molecule has 0 aromatic heterocycles. The van der Waals surface area contributed by atoms with E-state index in [4.69, 9.17) is 14.7 Å². The van der Waals surface area contributed by atoms with Crippen LogP contribution in [-0.2, 0) is 8.85 Å². The van der Waals surface area contributed by atoms with Gasteiger partial charge in [0.15, 0.2) is 0 Å². The summed E-state index contributed by atoms with van der Waals surface area (Å²) in [6, 6.07) is 0. The number of nitrogens with two attached hydrogens (primary N) is 1. The van der Waals surface area contributed by atoms with Crippen LogP contribution in [0.5, 0.6) is 0 Å². The van der Waals surface area contributed by atoms with E-state index in [-0.39, 0.29) is 5.16 Å². The molecule has 5 heteroatoms. The van der Waals surface area contributed by atoms with E-state index in [1.165, 1.54) is 0 Å². The maximum Gasteiger partial charge on any atom is 0.356 e. The van der Waals surface area contributed by atoms with E-state index in [2.05, 4.69) is 19.3 Å². The molecule has 0 unspecified atom stereocenters. The zero-order chi connectivity index (χ0) is 10.5. The summed E-state index contributed by atoms with van der Waals surface area (Å²) in [6.45, 7) is 6.21. The van der Waals surface area contributed by atoms with E-state index in [0.29, 0.717) is 0 Å². The van der Waals surface area contributed by atoms with Crippen molar-refractivity contribution >= 4 is 8.56 Å². The van der Waals surface area contributed by atoms with Crippen LogP contribution in [0.1, 0.15) is 26.7 Å². The molecule has 0 amide bonds. The second-order valence-electron chi connectivity index (χ2n) is 3.29. The van der Waals surface area contributed by atoms with Gasteiger partial charge in [0.05, 0.1) is 5.16 Å². The first-order valence-corrected chi connectivity index (χ1v) is 6.95. The number of hydrazine groups is 1. The molecule has 0 saturated carbocycles. The van der Waals surface area contributed by atoms with Crippen molar-refractivity contribution in [2.75, 3.05) is 14.2 Å². The third-order valence-corrected chi connectivity index (χ3v) is 7.28. The minimum absolute atomic E-state index is 0.198. The van der Waals surface area contributed by atoms with Gasteiger partial charge in [-0.05, 0) is 19.4 Å². The van der Waals surface area contributed by atoms with Gasteiger partial charge in [-0.15, -0.1) is 0 Å². The molecule has 13 heavy (non-hydrogen) atoms. The molecule has 0 saturated heterocycles. The van der Waals surface area contributed by atoms with Crippen LogP contribution in [0.3, 0.4) is 0 Å². The van der Waals surface area contributed by atoms with Crippen molar-refractivity contribution in [3.05, 3.63) is 0 Å². The monoisotopic (exact) mass is 206 g/mol. The Kier molecular flexibility index (Phi) is 5.09. The van der Waals surface area contributed by atoms with E-state index in [9.17, 15) is 0 Å². The molecule has 0 fully saturated rings. The molecule has 0 aromatic carbocycles. The predicted octanol–water partition coefficient (Wildman–Crippen LogP) is 0.912. The molecule has 0 aromatic rings. The Hall–Kier alpha value is 0.0569. The second-order valence-corrected chi connectivity index (χ2v) is 6.95. The molecular formula is C8H22N2O2Si. The lowest BCUT2D eigenvalue weighted by atomic mass is 10.2. The van der Waals surface area contributed by atoms with Crippen LogP contribution in [0.4, 0.5) is 0 Å². The quantitative estimate of drug-likeness (QED) is 0.385. The highest BCUT2D eigenvalue weighted by molar-refractivity contribution is 6.69. The van der Waals surface area contributed by atoms with Crippen LogP contribution in [0.15, 0.2) is 0 Å². The van der Waals surface area contributed by atoms with Crippen LogP contribution < -0.4 is 11.3 Å². The van der Waals surface area contributed by atoms with Gasteiger partial charge in [-0.2, -0.15) is 0 Å². The van der Waals surface area contributed by atoms with Gasteiger partial charge in [0.1, 0.15) is 0 Å². The van der Waals surface area contributed by atoms with Crippen molar-refractivity contribution in [2.24, 2.45) is 5.84 Å². The SMILES string of the molecule is CCC(CC)(NN)[Si](C)(OC)OC. The molecule has 0 spiro atoms. The molecule has 0 atom stereocenters. The number of hydrogen-bond donors (Lipinski definition) is 2. The molecule has 0 rings (SSSR count). The van der Waals surface area contributed by atoms with Gasteiger partial charge in [0.2, 0.25) is 0 Å². The summed E-state index contributed by atoms with van der Waals surface area (Å²) < 4.78 is 11.0. The molecule has 0 aliphatic rings. The Morgan fingerprint density at radius 1 is 1.23 bits per heavy atom. The highest BCUT2D eigenvalue weighted by atomic mass is 28.4. The van der Waals surface area contributed by atoms with Crippen molar-refractivity contribution in [1.82, 2.24) is 5.43 Å². The van der Waals surface area contributed by atoms with Crippen LogP contribution >= 0.6 is 0 Å². The van der Waals surface area contributed by atoms with Gasteiger partial charge in [-0.1, -0.05) is 13.8 Å². The van der Waals surface area contributed by atoms with Crippen molar-refractivity contribution in [3.63, 3.8) is 0 Å². The molecule has 3 N–H and O–H groups in total. The average Bonchev–Trinajstić information content (AvgIpc) is 2.20. The van der Waals surface area contributed by atoms with Gasteiger partial charge in [-0.3, -0.25) is 11.3 Å². The molecule has 0 aliphatic heterocycles. The summed E-state index contributed by atoms with van der Waals surface area (Å²) in [5, 5.41) is -0.198. The average molecular weight is 206 g/mol. The van der Waals surface area contributed by atoms with Gasteiger partial charge in [0.25, 0.3) is 0 Å². The molecular weight excluding hydrogens is 184 g/mol. The minimum Gasteiger partial charge on any atom is -0.397 e. The van der Waals surface area contributed by atoms with E-state index in [0.717, 1.165) is 12.8 Å². The third-order valence-electron chi connectivity index (χ3n) is 3.13. The first kappa shape index (κ1) is 13.1. The second kappa shape index (κ2) is 5.07. The summed E-state index contributed by atoms with van der Waals surface area (Å²) in [5.41, 5.74) is 2.87.